The molecule has 2 aromatic rings. The Morgan fingerprint density at radius 2 is 1.88 bits per heavy atom. The van der Waals surface area contributed by atoms with Crippen LogP contribution in [0, 0.1) is 0 Å². The summed E-state index contributed by atoms with van der Waals surface area (Å²) in [5.74, 6) is 0.768. The molecule has 2 aromatic carbocycles. The molecule has 0 unspecified atom stereocenters. The lowest BCUT2D eigenvalue weighted by Crippen LogP contribution is -1.98. The van der Waals surface area contributed by atoms with Gasteiger partial charge in [-0.15, -0.1) is 0 Å². The number of methoxy groups -OCH3 is 1. The standard InChI is InChI=1S/C19H22N2O3/c1-14(16-8-3-4-9-17(16)22)21-12-6-11-20-13-15-7-5-10-18(24-2)19(15)23/h3-5,7-10,13,22-23H,6,11-12H2,1-2H3. The Kier molecular flexibility index (Phi) is 6.37. The van der Waals surface area contributed by atoms with Crippen molar-refractivity contribution in [3.8, 4) is 17.2 Å². The first-order valence-corrected chi connectivity index (χ1v) is 7.78. The molecule has 24 heavy (non-hydrogen) atoms. The topological polar surface area (TPSA) is 74.4 Å². The molecule has 0 saturated carbocycles. The van der Waals surface area contributed by atoms with Gasteiger partial charge in [0.1, 0.15) is 5.75 Å². The Bertz CT molecular complexity index is 739. The number of nitrogens with zero attached hydrogens (tertiary/aromatic N) is 2. The second-order valence-corrected chi connectivity index (χ2v) is 5.27. The van der Waals surface area contributed by atoms with Crippen LogP contribution in [-0.2, 0) is 0 Å². The molecule has 0 spiro atoms. The van der Waals surface area contributed by atoms with Crippen LogP contribution in [-0.4, -0.2) is 42.3 Å². The molecule has 5 heteroatoms. The summed E-state index contributed by atoms with van der Waals surface area (Å²) >= 11 is 0. The number of hydrogen-bond acceptors (Lipinski definition) is 5. The number of benzene rings is 2. The molecule has 0 aliphatic carbocycles. The average molecular weight is 326 g/mol. The number of ether oxygens (including phenoxy) is 1. The molecular formula is C19H22N2O3. The quantitative estimate of drug-likeness (QED) is 0.605. The molecule has 5 nitrogen and oxygen atoms in total. The van der Waals surface area contributed by atoms with Gasteiger partial charge in [0.15, 0.2) is 11.5 Å². The molecule has 0 aromatic heterocycles. The largest absolute Gasteiger partial charge is 0.507 e. The Morgan fingerprint density at radius 3 is 2.62 bits per heavy atom. The van der Waals surface area contributed by atoms with Crippen molar-refractivity contribution in [2.24, 2.45) is 9.98 Å². The van der Waals surface area contributed by atoms with Gasteiger partial charge in [-0.3, -0.25) is 9.98 Å². The number of rotatable bonds is 7. The molecule has 0 amide bonds. The number of phenols is 2. The third-order valence-corrected chi connectivity index (χ3v) is 3.57. The normalized spacial score (nSPS) is 11.8. The fourth-order valence-corrected chi connectivity index (χ4v) is 2.24. The van der Waals surface area contributed by atoms with Gasteiger partial charge in [-0.05, 0) is 37.6 Å². The van der Waals surface area contributed by atoms with Crippen LogP contribution in [0.3, 0.4) is 0 Å². The van der Waals surface area contributed by atoms with Gasteiger partial charge in [0, 0.05) is 36.1 Å². The van der Waals surface area contributed by atoms with Gasteiger partial charge in [-0.1, -0.05) is 18.2 Å². The van der Waals surface area contributed by atoms with E-state index in [0.717, 1.165) is 17.7 Å². The highest BCUT2D eigenvalue weighted by atomic mass is 16.5. The molecular weight excluding hydrogens is 304 g/mol. The summed E-state index contributed by atoms with van der Waals surface area (Å²) in [7, 11) is 1.51. The second kappa shape index (κ2) is 8.72. The number of phenolic OH excluding ortho intramolecular Hbond substituents is 2. The van der Waals surface area contributed by atoms with Gasteiger partial charge in [0.2, 0.25) is 0 Å². The molecule has 126 valence electrons. The maximum atomic E-state index is 9.95. The van der Waals surface area contributed by atoms with Crippen LogP contribution in [0.1, 0.15) is 24.5 Å². The van der Waals surface area contributed by atoms with E-state index >= 15 is 0 Å². The first kappa shape index (κ1) is 17.5. The van der Waals surface area contributed by atoms with Crippen LogP contribution in [0.2, 0.25) is 0 Å². The lowest BCUT2D eigenvalue weighted by molar-refractivity contribution is 0.373. The molecule has 2 N–H and O–H groups in total. The number of aromatic hydroxyl groups is 2. The van der Waals surface area contributed by atoms with Crippen molar-refractivity contribution in [3.05, 3.63) is 53.6 Å². The van der Waals surface area contributed by atoms with Crippen LogP contribution in [0.5, 0.6) is 17.2 Å². The van der Waals surface area contributed by atoms with Gasteiger partial charge in [-0.25, -0.2) is 0 Å². The summed E-state index contributed by atoms with van der Waals surface area (Å²) in [5, 5.41) is 19.7. The third-order valence-electron chi connectivity index (χ3n) is 3.57. The van der Waals surface area contributed by atoms with E-state index in [1.165, 1.54) is 7.11 Å². The van der Waals surface area contributed by atoms with Gasteiger partial charge < -0.3 is 14.9 Å². The van der Waals surface area contributed by atoms with Crippen LogP contribution >= 0.6 is 0 Å². The van der Waals surface area contributed by atoms with Gasteiger partial charge in [-0.2, -0.15) is 0 Å². The van der Waals surface area contributed by atoms with Crippen LogP contribution in [0.25, 0.3) is 0 Å². The van der Waals surface area contributed by atoms with Gasteiger partial charge in [0.25, 0.3) is 0 Å². The molecule has 0 heterocycles. The third kappa shape index (κ3) is 4.59. The molecule has 0 atom stereocenters. The minimum atomic E-state index is 0.0946. The minimum Gasteiger partial charge on any atom is -0.507 e. The molecule has 0 saturated heterocycles. The highest BCUT2D eigenvalue weighted by Crippen LogP contribution is 2.27. The zero-order chi connectivity index (χ0) is 17.4. The Balaban J connectivity index is 1.85. The average Bonchev–Trinajstić information content (AvgIpc) is 2.59. The maximum absolute atomic E-state index is 9.95. The highest BCUT2D eigenvalue weighted by molar-refractivity contribution is 6.00. The van der Waals surface area contributed by atoms with Crippen LogP contribution in [0.4, 0.5) is 0 Å². The Morgan fingerprint density at radius 1 is 1.08 bits per heavy atom. The van der Waals surface area contributed by atoms with E-state index in [2.05, 4.69) is 9.98 Å². The Hall–Kier alpha value is -2.82. The van der Waals surface area contributed by atoms with Gasteiger partial charge >= 0.3 is 0 Å². The van der Waals surface area contributed by atoms with Crippen molar-refractivity contribution in [2.75, 3.05) is 20.2 Å². The summed E-state index contributed by atoms with van der Waals surface area (Å²) in [6.45, 7) is 3.11. The van der Waals surface area contributed by atoms with E-state index in [-0.39, 0.29) is 11.5 Å². The fraction of sp³-hybridized carbons (Fsp3) is 0.263. The van der Waals surface area contributed by atoms with E-state index in [9.17, 15) is 10.2 Å². The van der Waals surface area contributed by atoms with E-state index < -0.39 is 0 Å². The first-order valence-electron chi connectivity index (χ1n) is 7.78. The summed E-state index contributed by atoms with van der Waals surface area (Å²) in [5.41, 5.74) is 2.19. The summed E-state index contributed by atoms with van der Waals surface area (Å²) in [6.07, 6.45) is 2.42. The van der Waals surface area contributed by atoms with Crippen LogP contribution in [0.15, 0.2) is 52.4 Å². The monoisotopic (exact) mass is 326 g/mol. The predicted molar refractivity (Wildman–Crippen MR) is 96.9 cm³/mol. The molecule has 0 bridgehead atoms. The first-order chi connectivity index (χ1) is 11.6. The number of hydrogen-bond donors (Lipinski definition) is 2. The molecule has 0 aliphatic rings. The highest BCUT2D eigenvalue weighted by Gasteiger charge is 2.04. The number of aliphatic imine (C=N–C) groups is 2. The van der Waals surface area contributed by atoms with Crippen molar-refractivity contribution in [2.45, 2.75) is 13.3 Å². The van der Waals surface area contributed by atoms with Gasteiger partial charge in [0.05, 0.1) is 7.11 Å². The minimum absolute atomic E-state index is 0.0946. The van der Waals surface area contributed by atoms with E-state index in [4.69, 9.17) is 4.74 Å². The smallest absolute Gasteiger partial charge is 0.166 e. The molecule has 0 aliphatic heterocycles. The van der Waals surface area contributed by atoms with Crippen molar-refractivity contribution in [3.63, 3.8) is 0 Å². The SMILES string of the molecule is COc1cccc(C=NCCCN=C(C)c2ccccc2O)c1O. The molecule has 2 rings (SSSR count). The van der Waals surface area contributed by atoms with Crippen molar-refractivity contribution in [1.29, 1.82) is 0 Å². The van der Waals surface area contributed by atoms with Crippen molar-refractivity contribution in [1.82, 2.24) is 0 Å². The summed E-state index contributed by atoms with van der Waals surface area (Å²) < 4.78 is 5.06. The second-order valence-electron chi connectivity index (χ2n) is 5.27. The molecule has 0 fully saturated rings. The lowest BCUT2D eigenvalue weighted by Gasteiger charge is -2.05. The summed E-state index contributed by atoms with van der Waals surface area (Å²) in [6, 6.07) is 12.4. The maximum Gasteiger partial charge on any atom is 0.166 e. The van der Waals surface area contributed by atoms with Crippen molar-refractivity contribution < 1.29 is 14.9 Å². The zero-order valence-corrected chi connectivity index (χ0v) is 13.9. The fourth-order valence-electron chi connectivity index (χ4n) is 2.24. The predicted octanol–water partition coefficient (Wildman–Crippen LogP) is 3.42. The van der Waals surface area contributed by atoms with Crippen molar-refractivity contribution >= 4 is 11.9 Å². The number of para-hydroxylation sites is 2. The van der Waals surface area contributed by atoms with E-state index in [1.807, 2.05) is 19.1 Å². The van der Waals surface area contributed by atoms with E-state index in [0.29, 0.717) is 24.4 Å². The zero-order valence-electron chi connectivity index (χ0n) is 13.9. The lowest BCUT2D eigenvalue weighted by atomic mass is 10.1. The summed E-state index contributed by atoms with van der Waals surface area (Å²) in [4.78, 5) is 8.76. The molecule has 0 radical (unpaired) electrons. The van der Waals surface area contributed by atoms with E-state index in [1.54, 1.807) is 36.5 Å². The van der Waals surface area contributed by atoms with Crippen LogP contribution < -0.4 is 4.74 Å². The Labute approximate surface area is 142 Å².